The first kappa shape index (κ1) is 19.5. The van der Waals surface area contributed by atoms with Gasteiger partial charge in [-0.15, -0.1) is 0 Å². The lowest BCUT2D eigenvalue weighted by Crippen LogP contribution is -2.30. The minimum absolute atomic E-state index is 0.143. The average molecular weight is 389 g/mol. The Morgan fingerprint density at radius 1 is 1.07 bits per heavy atom. The summed E-state index contributed by atoms with van der Waals surface area (Å²) < 4.78 is 41.3. The van der Waals surface area contributed by atoms with Gasteiger partial charge >= 0.3 is 0 Å². The Balaban J connectivity index is 0.00000109. The van der Waals surface area contributed by atoms with E-state index in [4.69, 9.17) is 0 Å². The number of fused-ring (bicyclic) bond motifs is 1. The molecular formula is C20H18F3N3O2. The molecule has 2 N–H and O–H groups in total. The van der Waals surface area contributed by atoms with Crippen LogP contribution in [0.25, 0.3) is 11.0 Å². The molecule has 8 heteroatoms. The fraction of sp³-hybridized carbons (Fsp3) is 0.200. The van der Waals surface area contributed by atoms with Gasteiger partial charge in [0.1, 0.15) is 5.82 Å². The standard InChI is InChI=1S/C18H12F3N3O2.C2H6/c1-8-16(10-5-12(20)13(21)6-11(10)19)24(18(26)17(8)25)9-2-3-14-15(4-9)23-7-22-14;1-2/h2-7,16,25H,1H3,(H,22,23);1-2H3. The smallest absolute Gasteiger partial charge is 0.293 e. The van der Waals surface area contributed by atoms with Crippen LogP contribution >= 0.6 is 0 Å². The number of hydrogen-bond donors (Lipinski definition) is 2. The molecule has 1 amide bonds. The van der Waals surface area contributed by atoms with Gasteiger partial charge in [-0.1, -0.05) is 13.8 Å². The van der Waals surface area contributed by atoms with Crippen LogP contribution in [0.5, 0.6) is 0 Å². The molecule has 1 aliphatic heterocycles. The number of amides is 1. The fourth-order valence-electron chi connectivity index (χ4n) is 3.18. The second kappa shape index (κ2) is 7.38. The van der Waals surface area contributed by atoms with Gasteiger partial charge in [0.15, 0.2) is 17.4 Å². The van der Waals surface area contributed by atoms with Crippen molar-refractivity contribution in [1.82, 2.24) is 9.97 Å². The Morgan fingerprint density at radius 3 is 2.46 bits per heavy atom. The molecule has 4 rings (SSSR count). The number of aliphatic hydroxyl groups is 1. The van der Waals surface area contributed by atoms with E-state index >= 15 is 0 Å². The van der Waals surface area contributed by atoms with Gasteiger partial charge in [0.25, 0.3) is 5.91 Å². The predicted molar refractivity (Wildman–Crippen MR) is 99.3 cm³/mol. The first-order chi connectivity index (χ1) is 13.4. The maximum atomic E-state index is 14.3. The Hall–Kier alpha value is -3.29. The number of aliphatic hydroxyl groups excluding tert-OH is 1. The molecule has 28 heavy (non-hydrogen) atoms. The summed E-state index contributed by atoms with van der Waals surface area (Å²) in [5.41, 5.74) is 1.53. The largest absolute Gasteiger partial charge is 0.503 e. The van der Waals surface area contributed by atoms with E-state index in [1.54, 1.807) is 18.2 Å². The normalized spacial score (nSPS) is 16.6. The Labute approximate surface area is 159 Å². The number of imidazole rings is 1. The third-order valence-electron chi connectivity index (χ3n) is 4.48. The maximum Gasteiger partial charge on any atom is 0.293 e. The predicted octanol–water partition coefficient (Wildman–Crippen LogP) is 4.93. The summed E-state index contributed by atoms with van der Waals surface area (Å²) in [7, 11) is 0. The molecule has 2 aromatic carbocycles. The van der Waals surface area contributed by atoms with E-state index in [-0.39, 0.29) is 11.1 Å². The van der Waals surface area contributed by atoms with Gasteiger partial charge < -0.3 is 10.1 Å². The number of hydrogen-bond acceptors (Lipinski definition) is 3. The first-order valence-corrected chi connectivity index (χ1v) is 8.69. The monoisotopic (exact) mass is 389 g/mol. The van der Waals surface area contributed by atoms with Crippen molar-refractivity contribution in [1.29, 1.82) is 0 Å². The van der Waals surface area contributed by atoms with E-state index in [9.17, 15) is 23.1 Å². The molecule has 0 fully saturated rings. The molecule has 1 aromatic heterocycles. The highest BCUT2D eigenvalue weighted by Gasteiger charge is 2.41. The number of anilines is 1. The zero-order valence-corrected chi connectivity index (χ0v) is 15.4. The molecule has 1 aliphatic rings. The quantitative estimate of drug-likeness (QED) is 0.611. The summed E-state index contributed by atoms with van der Waals surface area (Å²) in [6.45, 7) is 5.44. The van der Waals surface area contributed by atoms with Crippen molar-refractivity contribution in [3.8, 4) is 0 Å². The number of aromatic amines is 1. The second-order valence-electron chi connectivity index (χ2n) is 6.00. The number of carbonyl (C=O) groups is 1. The lowest BCUT2D eigenvalue weighted by Gasteiger charge is -2.27. The highest BCUT2D eigenvalue weighted by molar-refractivity contribution is 6.09. The minimum Gasteiger partial charge on any atom is -0.503 e. The number of H-pyrrole nitrogens is 1. The molecule has 1 unspecified atom stereocenters. The van der Waals surface area contributed by atoms with Crippen LogP contribution in [0.3, 0.4) is 0 Å². The Bertz CT molecular complexity index is 1090. The van der Waals surface area contributed by atoms with E-state index in [0.29, 0.717) is 28.9 Å². The summed E-state index contributed by atoms with van der Waals surface area (Å²) in [5, 5.41) is 10.1. The molecule has 0 radical (unpaired) electrons. The van der Waals surface area contributed by atoms with E-state index < -0.39 is 35.2 Å². The van der Waals surface area contributed by atoms with Gasteiger partial charge in [-0.2, -0.15) is 0 Å². The van der Waals surface area contributed by atoms with Gasteiger partial charge in [0.2, 0.25) is 0 Å². The summed E-state index contributed by atoms with van der Waals surface area (Å²) >= 11 is 0. The summed E-state index contributed by atoms with van der Waals surface area (Å²) in [4.78, 5) is 20.7. The van der Waals surface area contributed by atoms with Crippen molar-refractivity contribution in [2.24, 2.45) is 0 Å². The molecule has 0 bridgehead atoms. The third kappa shape index (κ3) is 3.00. The van der Waals surface area contributed by atoms with E-state index in [0.717, 1.165) is 4.90 Å². The van der Waals surface area contributed by atoms with Gasteiger partial charge in [-0.05, 0) is 31.2 Å². The Morgan fingerprint density at radius 2 is 1.75 bits per heavy atom. The number of carbonyl (C=O) groups excluding carboxylic acids is 1. The van der Waals surface area contributed by atoms with Crippen LogP contribution in [-0.4, -0.2) is 21.0 Å². The molecule has 0 aliphatic carbocycles. The first-order valence-electron chi connectivity index (χ1n) is 8.69. The van der Waals surface area contributed by atoms with Crippen LogP contribution in [0.15, 0.2) is 48.0 Å². The number of halogens is 3. The topological polar surface area (TPSA) is 69.2 Å². The molecule has 2 heterocycles. The summed E-state index contributed by atoms with van der Waals surface area (Å²) in [5.74, 6) is -4.88. The van der Waals surface area contributed by atoms with Crippen molar-refractivity contribution < 1.29 is 23.1 Å². The molecule has 5 nitrogen and oxygen atoms in total. The summed E-state index contributed by atoms with van der Waals surface area (Å²) in [6, 6.07) is 4.87. The van der Waals surface area contributed by atoms with E-state index in [1.807, 2.05) is 13.8 Å². The second-order valence-corrected chi connectivity index (χ2v) is 6.00. The number of aromatic nitrogens is 2. The number of nitrogens with one attached hydrogen (secondary N) is 1. The molecule has 3 aromatic rings. The fourth-order valence-corrected chi connectivity index (χ4v) is 3.18. The highest BCUT2D eigenvalue weighted by atomic mass is 19.2. The van der Waals surface area contributed by atoms with Crippen molar-refractivity contribution in [2.45, 2.75) is 26.8 Å². The zero-order chi connectivity index (χ0) is 20.6. The number of benzene rings is 2. The number of nitrogens with zero attached hydrogens (tertiary/aromatic N) is 2. The van der Waals surface area contributed by atoms with Crippen LogP contribution < -0.4 is 4.90 Å². The van der Waals surface area contributed by atoms with Gasteiger partial charge in [-0.3, -0.25) is 9.69 Å². The zero-order valence-electron chi connectivity index (χ0n) is 15.4. The summed E-state index contributed by atoms with van der Waals surface area (Å²) in [6.07, 6.45) is 1.48. The van der Waals surface area contributed by atoms with E-state index in [2.05, 4.69) is 9.97 Å². The Kier molecular flexibility index (Phi) is 5.13. The minimum atomic E-state index is -1.33. The van der Waals surface area contributed by atoms with Crippen molar-refractivity contribution in [3.63, 3.8) is 0 Å². The lowest BCUT2D eigenvalue weighted by molar-refractivity contribution is -0.117. The van der Waals surface area contributed by atoms with Crippen molar-refractivity contribution in [2.75, 3.05) is 4.90 Å². The highest BCUT2D eigenvalue weighted by Crippen LogP contribution is 2.41. The average Bonchev–Trinajstić information content (AvgIpc) is 3.24. The lowest BCUT2D eigenvalue weighted by atomic mass is 9.99. The molecule has 0 saturated heterocycles. The molecule has 1 atom stereocenters. The maximum absolute atomic E-state index is 14.3. The van der Waals surface area contributed by atoms with Crippen LogP contribution in [0.4, 0.5) is 18.9 Å². The molecule has 146 valence electrons. The third-order valence-corrected chi connectivity index (χ3v) is 4.48. The van der Waals surface area contributed by atoms with Crippen molar-refractivity contribution in [3.05, 3.63) is 71.0 Å². The molecule has 0 saturated carbocycles. The molecule has 0 spiro atoms. The van der Waals surface area contributed by atoms with Crippen molar-refractivity contribution >= 4 is 22.6 Å². The van der Waals surface area contributed by atoms with Crippen LogP contribution in [-0.2, 0) is 4.79 Å². The van der Waals surface area contributed by atoms with Gasteiger partial charge in [-0.25, -0.2) is 18.2 Å². The molecular weight excluding hydrogens is 371 g/mol. The van der Waals surface area contributed by atoms with Crippen LogP contribution in [0.2, 0.25) is 0 Å². The van der Waals surface area contributed by atoms with Gasteiger partial charge in [0, 0.05) is 22.9 Å². The van der Waals surface area contributed by atoms with Crippen LogP contribution in [0, 0.1) is 17.5 Å². The van der Waals surface area contributed by atoms with Crippen LogP contribution in [0.1, 0.15) is 32.4 Å². The SMILES string of the molecule is CC.CC1=C(O)C(=O)N(c2ccc3nc[nH]c3c2)C1c1cc(F)c(F)cc1F. The number of rotatable bonds is 2. The van der Waals surface area contributed by atoms with Gasteiger partial charge in [0.05, 0.1) is 23.4 Å². The van der Waals surface area contributed by atoms with E-state index in [1.165, 1.54) is 13.3 Å².